The van der Waals surface area contributed by atoms with Gasteiger partial charge in [-0.05, 0) is 58.3 Å². The summed E-state index contributed by atoms with van der Waals surface area (Å²) in [5.74, 6) is -0.192. The first-order valence-electron chi connectivity index (χ1n) is 9.51. The zero-order chi connectivity index (χ0) is 20.8. The van der Waals surface area contributed by atoms with Gasteiger partial charge in [0, 0.05) is 0 Å². The number of hydrazone groups is 1. The van der Waals surface area contributed by atoms with E-state index in [0.29, 0.717) is 12.3 Å². The zero-order valence-electron chi connectivity index (χ0n) is 16.2. The lowest BCUT2D eigenvalue weighted by atomic mass is 10.1. The largest absolute Gasteiger partial charge is 0.489 e. The van der Waals surface area contributed by atoms with Gasteiger partial charge in [0.05, 0.1) is 17.5 Å². The van der Waals surface area contributed by atoms with E-state index in [2.05, 4.69) is 34.8 Å². The molecule has 0 radical (unpaired) electrons. The molecule has 4 aromatic carbocycles. The van der Waals surface area contributed by atoms with Crippen molar-refractivity contribution in [2.75, 3.05) is 5.43 Å². The van der Waals surface area contributed by atoms with Gasteiger partial charge in [-0.15, -0.1) is 0 Å². The molecule has 0 bridgehead atoms. The predicted octanol–water partition coefficient (Wildman–Crippen LogP) is 5.56. The number of ether oxygens (including phenoxy) is 1. The fourth-order valence-corrected chi connectivity index (χ4v) is 3.13. The summed E-state index contributed by atoms with van der Waals surface area (Å²) in [5, 5.41) is 15.5. The van der Waals surface area contributed by atoms with Crippen molar-refractivity contribution in [2.45, 2.75) is 6.61 Å². The van der Waals surface area contributed by atoms with Gasteiger partial charge in [0.15, 0.2) is 0 Å². The monoisotopic (exact) mass is 396 g/mol. The zero-order valence-corrected chi connectivity index (χ0v) is 16.2. The number of carboxylic acid groups (broad SMARTS) is 1. The fraction of sp³-hybridized carbons (Fsp3) is 0.0400. The topological polar surface area (TPSA) is 70.9 Å². The first kappa shape index (κ1) is 19.2. The minimum absolute atomic E-state index is 0.237. The van der Waals surface area contributed by atoms with Crippen LogP contribution < -0.4 is 10.2 Å². The maximum atomic E-state index is 10.9. The second kappa shape index (κ2) is 8.92. The number of nitrogens with one attached hydrogen (secondary N) is 1. The summed E-state index contributed by atoms with van der Waals surface area (Å²) in [4.78, 5) is 10.9. The van der Waals surface area contributed by atoms with Crippen LogP contribution in [0.5, 0.6) is 5.75 Å². The van der Waals surface area contributed by atoms with Crippen molar-refractivity contribution in [3.05, 3.63) is 108 Å². The van der Waals surface area contributed by atoms with E-state index in [0.717, 1.165) is 16.9 Å². The van der Waals surface area contributed by atoms with Gasteiger partial charge in [0.25, 0.3) is 0 Å². The van der Waals surface area contributed by atoms with E-state index in [4.69, 9.17) is 9.84 Å². The molecule has 0 amide bonds. The molecule has 0 heterocycles. The lowest BCUT2D eigenvalue weighted by Gasteiger charge is -2.09. The normalized spacial score (nSPS) is 10.9. The smallest absolute Gasteiger partial charge is 0.335 e. The highest BCUT2D eigenvalue weighted by molar-refractivity contribution is 5.88. The Kier molecular flexibility index (Phi) is 5.71. The third kappa shape index (κ3) is 4.64. The molecule has 0 saturated carbocycles. The Hall–Kier alpha value is -4.12. The van der Waals surface area contributed by atoms with Gasteiger partial charge in [0.2, 0.25) is 0 Å². The summed E-state index contributed by atoms with van der Waals surface area (Å²) in [6.45, 7) is 0.482. The molecule has 0 saturated heterocycles. The van der Waals surface area contributed by atoms with Crippen LogP contribution in [0, 0.1) is 0 Å². The average Bonchev–Trinajstić information content (AvgIpc) is 2.78. The predicted molar refractivity (Wildman–Crippen MR) is 119 cm³/mol. The Balaban J connectivity index is 1.40. The molecular weight excluding hydrogens is 376 g/mol. The van der Waals surface area contributed by atoms with Gasteiger partial charge in [0.1, 0.15) is 12.4 Å². The number of carboxylic acids is 1. The number of nitrogens with zero attached hydrogens (tertiary/aromatic N) is 1. The molecule has 0 aliphatic heterocycles. The van der Waals surface area contributed by atoms with Crippen LogP contribution in [0.3, 0.4) is 0 Å². The van der Waals surface area contributed by atoms with Crippen molar-refractivity contribution >= 4 is 28.6 Å². The second-order valence-corrected chi connectivity index (χ2v) is 6.75. The van der Waals surface area contributed by atoms with E-state index >= 15 is 0 Å². The minimum atomic E-state index is -0.953. The maximum absolute atomic E-state index is 10.9. The standard InChI is InChI=1S/C25H20N2O3/c28-25(29)20-11-13-22(14-12-20)27-26-16-18-5-3-9-23(15-18)30-17-21-8-4-7-19-6-1-2-10-24(19)21/h1-16,27H,17H2,(H,28,29). The molecule has 0 spiro atoms. The first-order chi connectivity index (χ1) is 14.7. The molecule has 5 heteroatoms. The van der Waals surface area contributed by atoms with Crippen LogP contribution in [0.1, 0.15) is 21.5 Å². The Labute approximate surface area is 174 Å². The highest BCUT2D eigenvalue weighted by Gasteiger charge is 2.03. The highest BCUT2D eigenvalue weighted by atomic mass is 16.5. The molecule has 0 fully saturated rings. The maximum Gasteiger partial charge on any atom is 0.335 e. The molecule has 148 valence electrons. The highest BCUT2D eigenvalue weighted by Crippen LogP contribution is 2.21. The van der Waals surface area contributed by atoms with Gasteiger partial charge in [-0.3, -0.25) is 5.43 Å². The van der Waals surface area contributed by atoms with Crippen LogP contribution in [0.4, 0.5) is 5.69 Å². The molecule has 5 nitrogen and oxygen atoms in total. The molecule has 0 unspecified atom stereocenters. The minimum Gasteiger partial charge on any atom is -0.489 e. The van der Waals surface area contributed by atoms with Gasteiger partial charge in [-0.25, -0.2) is 4.79 Å². The molecule has 4 aromatic rings. The number of aromatic carboxylic acids is 1. The van der Waals surface area contributed by atoms with Crippen molar-refractivity contribution < 1.29 is 14.6 Å². The van der Waals surface area contributed by atoms with Crippen molar-refractivity contribution in [1.82, 2.24) is 0 Å². The summed E-state index contributed by atoms with van der Waals surface area (Å²) in [5.41, 5.74) is 5.86. The molecule has 0 aliphatic rings. The number of hydrogen-bond acceptors (Lipinski definition) is 4. The molecule has 2 N–H and O–H groups in total. The van der Waals surface area contributed by atoms with E-state index in [-0.39, 0.29) is 5.56 Å². The Morgan fingerprint density at radius 3 is 2.53 bits per heavy atom. The lowest BCUT2D eigenvalue weighted by molar-refractivity contribution is 0.0697. The Morgan fingerprint density at radius 2 is 1.70 bits per heavy atom. The van der Waals surface area contributed by atoms with E-state index in [9.17, 15) is 4.79 Å². The number of rotatable bonds is 7. The van der Waals surface area contributed by atoms with Crippen molar-refractivity contribution in [1.29, 1.82) is 0 Å². The number of carbonyl (C=O) groups is 1. The fourth-order valence-electron chi connectivity index (χ4n) is 3.13. The number of anilines is 1. The Bertz CT molecular complexity index is 1200. The van der Waals surface area contributed by atoms with Crippen LogP contribution in [-0.2, 0) is 6.61 Å². The van der Waals surface area contributed by atoms with Crippen LogP contribution in [0.25, 0.3) is 10.8 Å². The van der Waals surface area contributed by atoms with Crippen LogP contribution in [0.2, 0.25) is 0 Å². The van der Waals surface area contributed by atoms with E-state index in [1.165, 1.54) is 22.9 Å². The van der Waals surface area contributed by atoms with Crippen LogP contribution in [0.15, 0.2) is 96.1 Å². The summed E-state index contributed by atoms with van der Waals surface area (Å²) < 4.78 is 6.00. The van der Waals surface area contributed by atoms with Crippen molar-refractivity contribution in [3.63, 3.8) is 0 Å². The molecule has 0 atom stereocenters. The van der Waals surface area contributed by atoms with E-state index < -0.39 is 5.97 Å². The average molecular weight is 396 g/mol. The van der Waals surface area contributed by atoms with Gasteiger partial charge < -0.3 is 9.84 Å². The van der Waals surface area contributed by atoms with Crippen LogP contribution >= 0.6 is 0 Å². The third-order valence-electron chi connectivity index (χ3n) is 4.67. The first-order valence-corrected chi connectivity index (χ1v) is 9.51. The molecule has 30 heavy (non-hydrogen) atoms. The summed E-state index contributed by atoms with van der Waals surface area (Å²) in [7, 11) is 0. The SMILES string of the molecule is O=C(O)c1ccc(NN=Cc2cccc(OCc3cccc4ccccc34)c2)cc1. The van der Waals surface area contributed by atoms with E-state index in [1.807, 2.05) is 42.5 Å². The lowest BCUT2D eigenvalue weighted by Crippen LogP contribution is -1.98. The third-order valence-corrected chi connectivity index (χ3v) is 4.67. The van der Waals surface area contributed by atoms with E-state index in [1.54, 1.807) is 18.3 Å². The van der Waals surface area contributed by atoms with Gasteiger partial charge in [-0.1, -0.05) is 54.6 Å². The summed E-state index contributed by atoms with van der Waals surface area (Å²) >= 11 is 0. The van der Waals surface area contributed by atoms with Crippen molar-refractivity contribution in [2.24, 2.45) is 5.10 Å². The number of hydrogen-bond donors (Lipinski definition) is 2. The number of benzene rings is 4. The summed E-state index contributed by atoms with van der Waals surface area (Å²) in [6.07, 6.45) is 1.69. The molecule has 0 aromatic heterocycles. The molecule has 4 rings (SSSR count). The molecule has 0 aliphatic carbocycles. The Morgan fingerprint density at radius 1 is 0.933 bits per heavy atom. The van der Waals surface area contributed by atoms with Crippen LogP contribution in [-0.4, -0.2) is 17.3 Å². The van der Waals surface area contributed by atoms with Gasteiger partial charge >= 0.3 is 5.97 Å². The van der Waals surface area contributed by atoms with Gasteiger partial charge in [-0.2, -0.15) is 5.10 Å². The number of fused-ring (bicyclic) bond motifs is 1. The molecular formula is C25H20N2O3. The van der Waals surface area contributed by atoms with Crippen molar-refractivity contribution in [3.8, 4) is 5.75 Å². The second-order valence-electron chi connectivity index (χ2n) is 6.75. The summed E-state index contributed by atoms with van der Waals surface area (Å²) in [6, 6.07) is 28.6. The quantitative estimate of drug-likeness (QED) is 0.317.